The molecule has 0 spiro atoms. The van der Waals surface area contributed by atoms with Gasteiger partial charge in [0.15, 0.2) is 0 Å². The topological polar surface area (TPSA) is 90.0 Å². The highest BCUT2D eigenvalue weighted by Gasteiger charge is 2.56. The second kappa shape index (κ2) is 10.1. The highest BCUT2D eigenvalue weighted by Crippen LogP contribution is 2.43. The molecule has 8 nitrogen and oxygen atoms in total. The summed E-state index contributed by atoms with van der Waals surface area (Å²) in [6.07, 6.45) is 0. The van der Waals surface area contributed by atoms with Crippen molar-refractivity contribution < 1.29 is 32.6 Å². The lowest BCUT2D eigenvalue weighted by atomic mass is 9.68. The summed E-state index contributed by atoms with van der Waals surface area (Å²) in [5, 5.41) is 2.79. The average Bonchev–Trinajstić information content (AvgIpc) is 2.78. The maximum Gasteiger partial charge on any atom is 0.388 e. The van der Waals surface area contributed by atoms with Gasteiger partial charge in [-0.2, -0.15) is 8.78 Å². The average molecular weight is 504 g/mol. The molecule has 4 rings (SSSR count). The first-order valence-corrected chi connectivity index (χ1v) is 11.8. The van der Waals surface area contributed by atoms with E-state index >= 15 is 0 Å². The summed E-state index contributed by atoms with van der Waals surface area (Å²) >= 11 is 0. The summed E-state index contributed by atoms with van der Waals surface area (Å²) < 4.78 is 40.9. The minimum absolute atomic E-state index is 0.0733. The van der Waals surface area contributed by atoms with Crippen molar-refractivity contribution in [3.63, 3.8) is 0 Å². The number of benzene rings is 1. The number of ether oxygens (including phenoxy) is 3. The zero-order valence-corrected chi connectivity index (χ0v) is 20.8. The first-order valence-electron chi connectivity index (χ1n) is 11.8. The predicted octanol–water partition coefficient (Wildman–Crippen LogP) is 3.50. The van der Waals surface area contributed by atoms with Crippen molar-refractivity contribution in [2.24, 2.45) is 5.41 Å². The van der Waals surface area contributed by atoms with Crippen molar-refractivity contribution >= 4 is 17.6 Å². The van der Waals surface area contributed by atoms with Crippen LogP contribution in [0.2, 0.25) is 0 Å². The van der Waals surface area contributed by atoms with Crippen LogP contribution in [0.1, 0.15) is 36.6 Å². The minimum Gasteiger partial charge on any atom is -0.468 e. The molecule has 0 atom stereocenters. The van der Waals surface area contributed by atoms with Gasteiger partial charge in [0.25, 0.3) is 0 Å². The number of amides is 1. The van der Waals surface area contributed by atoms with Gasteiger partial charge in [-0.15, -0.1) is 0 Å². The van der Waals surface area contributed by atoms with Crippen molar-refractivity contribution in [3.05, 3.63) is 53.2 Å². The third-order valence-corrected chi connectivity index (χ3v) is 6.87. The number of aromatic nitrogens is 1. The van der Waals surface area contributed by atoms with Gasteiger partial charge in [-0.05, 0) is 36.1 Å². The molecule has 1 aromatic carbocycles. The molecular weight excluding hydrogens is 472 g/mol. The lowest BCUT2D eigenvalue weighted by Crippen LogP contribution is -2.69. The molecule has 0 saturated carbocycles. The Bertz CT molecular complexity index is 1130. The van der Waals surface area contributed by atoms with Crippen molar-refractivity contribution in [1.82, 2.24) is 9.88 Å². The molecule has 2 aliphatic heterocycles. The number of carbonyl (C=O) groups is 2. The van der Waals surface area contributed by atoms with Crippen LogP contribution < -0.4 is 10.1 Å². The maximum atomic E-state index is 13.9. The number of esters is 1. The monoisotopic (exact) mass is 503 g/mol. The zero-order valence-electron chi connectivity index (χ0n) is 20.8. The number of pyridine rings is 1. The third kappa shape index (κ3) is 4.79. The standard InChI is InChI=1S/C26H31F2N3O5/c1-16(2)18-7-5-6-8-19(18)26(12-31(13-26)11-25(14-35-15-25)23(33)34-4)22(32)30-20-10-9-17(3)29-21(20)36-24(27)28/h5-10,16,24H,11-15H2,1-4H3,(H,30,32). The molecule has 0 unspecified atom stereocenters. The first-order chi connectivity index (χ1) is 17.1. The highest BCUT2D eigenvalue weighted by molar-refractivity contribution is 6.01. The number of anilines is 1. The Balaban J connectivity index is 1.65. The Morgan fingerprint density at radius 3 is 2.44 bits per heavy atom. The number of hydrogen-bond acceptors (Lipinski definition) is 7. The van der Waals surface area contributed by atoms with Crippen LogP contribution in [0.4, 0.5) is 14.5 Å². The number of hydrogen-bond donors (Lipinski definition) is 1. The second-order valence-electron chi connectivity index (χ2n) is 9.87. The minimum atomic E-state index is -3.08. The van der Waals surface area contributed by atoms with Crippen LogP contribution in [-0.2, 0) is 24.5 Å². The second-order valence-corrected chi connectivity index (χ2v) is 9.87. The Labute approximate surface area is 208 Å². The van der Waals surface area contributed by atoms with Crippen molar-refractivity contribution in [2.75, 3.05) is 45.3 Å². The Kier molecular flexibility index (Phi) is 7.28. The van der Waals surface area contributed by atoms with Gasteiger partial charge in [-0.1, -0.05) is 38.1 Å². The summed E-state index contributed by atoms with van der Waals surface area (Å²) in [5.41, 5.74) is 0.720. The molecule has 0 radical (unpaired) electrons. The van der Waals surface area contributed by atoms with Crippen molar-refractivity contribution in [1.29, 1.82) is 0 Å². The largest absolute Gasteiger partial charge is 0.468 e. The van der Waals surface area contributed by atoms with E-state index in [4.69, 9.17) is 9.47 Å². The van der Waals surface area contributed by atoms with E-state index in [9.17, 15) is 18.4 Å². The number of methoxy groups -OCH3 is 1. The SMILES string of the molecule is COC(=O)C1(CN2CC(C(=O)Nc3ccc(C)nc3OC(F)F)(c3ccccc3C(C)C)C2)COC1. The van der Waals surface area contributed by atoms with E-state index in [-0.39, 0.29) is 42.6 Å². The molecule has 10 heteroatoms. The van der Waals surface area contributed by atoms with Gasteiger partial charge >= 0.3 is 12.6 Å². The lowest BCUT2D eigenvalue weighted by molar-refractivity contribution is -0.190. The fourth-order valence-electron chi connectivity index (χ4n) is 5.01. The van der Waals surface area contributed by atoms with Gasteiger partial charge in [0.1, 0.15) is 11.1 Å². The number of halogens is 2. The van der Waals surface area contributed by atoms with E-state index in [2.05, 4.69) is 28.9 Å². The van der Waals surface area contributed by atoms with Crippen LogP contribution in [0.15, 0.2) is 36.4 Å². The molecule has 2 saturated heterocycles. The molecule has 2 aliphatic rings. The van der Waals surface area contributed by atoms with Crippen molar-refractivity contribution in [3.8, 4) is 5.88 Å². The molecule has 0 aliphatic carbocycles. The Morgan fingerprint density at radius 2 is 1.86 bits per heavy atom. The van der Waals surface area contributed by atoms with Crippen LogP contribution in [0, 0.1) is 12.3 Å². The van der Waals surface area contributed by atoms with E-state index < -0.39 is 17.4 Å². The molecule has 1 aromatic heterocycles. The Hall–Kier alpha value is -3.11. The highest BCUT2D eigenvalue weighted by atomic mass is 19.3. The molecule has 0 bridgehead atoms. The van der Waals surface area contributed by atoms with E-state index in [1.807, 2.05) is 29.2 Å². The zero-order chi connectivity index (χ0) is 26.1. The summed E-state index contributed by atoms with van der Waals surface area (Å²) in [6, 6.07) is 10.9. The van der Waals surface area contributed by atoms with Gasteiger partial charge in [-0.25, -0.2) is 4.98 Å². The van der Waals surface area contributed by atoms with Crippen LogP contribution in [0.25, 0.3) is 0 Å². The van der Waals surface area contributed by atoms with E-state index in [0.29, 0.717) is 25.3 Å². The Morgan fingerprint density at radius 1 is 1.17 bits per heavy atom. The van der Waals surface area contributed by atoms with Crippen molar-refractivity contribution in [2.45, 2.75) is 38.7 Å². The number of likely N-dealkylation sites (tertiary alicyclic amines) is 1. The maximum absolute atomic E-state index is 13.9. The molecule has 194 valence electrons. The van der Waals surface area contributed by atoms with Gasteiger partial charge in [0.2, 0.25) is 11.8 Å². The van der Waals surface area contributed by atoms with E-state index in [1.165, 1.54) is 13.2 Å². The summed E-state index contributed by atoms with van der Waals surface area (Å²) in [6.45, 7) is 4.28. The molecule has 1 N–H and O–H groups in total. The lowest BCUT2D eigenvalue weighted by Gasteiger charge is -2.53. The van der Waals surface area contributed by atoms with Gasteiger partial charge < -0.3 is 19.5 Å². The molecular formula is C26H31F2N3O5. The van der Waals surface area contributed by atoms with E-state index in [0.717, 1.165) is 11.1 Å². The normalized spacial score (nSPS) is 18.3. The summed E-state index contributed by atoms with van der Waals surface area (Å²) in [7, 11) is 1.35. The van der Waals surface area contributed by atoms with Crippen LogP contribution in [0.5, 0.6) is 5.88 Å². The smallest absolute Gasteiger partial charge is 0.388 e. The fraction of sp³-hybridized carbons (Fsp3) is 0.500. The molecule has 3 heterocycles. The summed E-state index contributed by atoms with van der Waals surface area (Å²) in [5.74, 6) is -0.871. The van der Waals surface area contributed by atoms with Gasteiger partial charge in [-0.3, -0.25) is 14.5 Å². The molecule has 2 fully saturated rings. The number of nitrogens with one attached hydrogen (secondary N) is 1. The van der Waals surface area contributed by atoms with Gasteiger partial charge in [0.05, 0.1) is 25.7 Å². The number of rotatable bonds is 9. The van der Waals surface area contributed by atoms with Gasteiger partial charge in [0, 0.05) is 25.3 Å². The predicted molar refractivity (Wildman–Crippen MR) is 128 cm³/mol. The molecule has 1 amide bonds. The number of aryl methyl sites for hydroxylation is 1. The van der Waals surface area contributed by atoms with Crippen LogP contribution in [0.3, 0.4) is 0 Å². The van der Waals surface area contributed by atoms with E-state index in [1.54, 1.807) is 13.0 Å². The summed E-state index contributed by atoms with van der Waals surface area (Å²) in [4.78, 5) is 32.3. The fourth-order valence-corrected chi connectivity index (χ4v) is 5.01. The quantitative estimate of drug-likeness (QED) is 0.524. The first kappa shape index (κ1) is 26.0. The molecule has 2 aromatic rings. The third-order valence-electron chi connectivity index (χ3n) is 6.87. The van der Waals surface area contributed by atoms with Crippen LogP contribution in [-0.4, -0.2) is 68.3 Å². The number of alkyl halides is 2. The number of carbonyl (C=O) groups excluding carboxylic acids is 2. The number of nitrogens with zero attached hydrogens (tertiary/aromatic N) is 2. The van der Waals surface area contributed by atoms with Crippen LogP contribution >= 0.6 is 0 Å². The molecule has 36 heavy (non-hydrogen) atoms.